The van der Waals surface area contributed by atoms with Crippen LogP contribution in [0.25, 0.3) is 0 Å². The molecular weight excluding hydrogens is 449 g/mol. The third-order valence-corrected chi connectivity index (χ3v) is 5.48. The Hall–Kier alpha value is -2.61. The minimum atomic E-state index is -0.630. The summed E-state index contributed by atoms with van der Waals surface area (Å²) in [6.45, 7) is 4.82. The van der Waals surface area contributed by atoms with Gasteiger partial charge in [-0.05, 0) is 37.3 Å². The normalized spacial score (nSPS) is 17.9. The quantitative estimate of drug-likeness (QED) is 0.309. The van der Waals surface area contributed by atoms with Gasteiger partial charge in [-0.1, -0.05) is 54.1 Å². The van der Waals surface area contributed by atoms with Crippen molar-refractivity contribution in [3.63, 3.8) is 0 Å². The van der Waals surface area contributed by atoms with Crippen LogP contribution < -0.4 is 21.7 Å². The molecule has 0 saturated carbocycles. The third kappa shape index (κ3) is 7.22. The third-order valence-electron chi connectivity index (χ3n) is 5.48. The molecule has 1 aliphatic rings. The summed E-state index contributed by atoms with van der Waals surface area (Å²) in [6.07, 6.45) is 0.714. The van der Waals surface area contributed by atoms with Gasteiger partial charge in [0, 0.05) is 18.7 Å². The van der Waals surface area contributed by atoms with Crippen molar-refractivity contribution in [3.8, 4) is 0 Å². The van der Waals surface area contributed by atoms with Crippen molar-refractivity contribution in [3.05, 3.63) is 70.8 Å². The molecule has 1 heterocycles. The van der Waals surface area contributed by atoms with Gasteiger partial charge in [-0.15, -0.1) is 24.8 Å². The first-order valence-electron chi connectivity index (χ1n) is 10.1. The van der Waals surface area contributed by atoms with Gasteiger partial charge in [0.15, 0.2) is 0 Å². The number of nitrogens with one attached hydrogen (secondary N) is 4. The van der Waals surface area contributed by atoms with Gasteiger partial charge in [0.2, 0.25) is 11.8 Å². The number of carbonyl (C=O) groups is 2. The van der Waals surface area contributed by atoms with E-state index in [0.29, 0.717) is 24.4 Å². The molecule has 3 rings (SSSR count). The van der Waals surface area contributed by atoms with E-state index in [1.807, 2.05) is 12.1 Å². The number of nitrogens with two attached hydrogens (primary N) is 1. The summed E-state index contributed by atoms with van der Waals surface area (Å²) in [5.74, 6) is -0.0966. The highest BCUT2D eigenvalue weighted by Crippen LogP contribution is 2.26. The Morgan fingerprint density at radius 2 is 1.75 bits per heavy atom. The molecule has 1 saturated heterocycles. The van der Waals surface area contributed by atoms with Crippen LogP contribution >= 0.6 is 24.8 Å². The van der Waals surface area contributed by atoms with Crippen LogP contribution in [0.4, 0.5) is 0 Å². The number of nitrogen functional groups attached to an aromatic ring is 1. The van der Waals surface area contributed by atoms with E-state index >= 15 is 0 Å². The maximum Gasteiger partial charge on any atom is 0.242 e. The molecule has 3 atom stereocenters. The average molecular weight is 480 g/mol. The van der Waals surface area contributed by atoms with E-state index in [9.17, 15) is 9.59 Å². The van der Waals surface area contributed by atoms with Gasteiger partial charge in [-0.2, -0.15) is 0 Å². The summed E-state index contributed by atoms with van der Waals surface area (Å²) in [5, 5.41) is 16.3. The SMILES string of the molecule is Cc1ccc([C@H]2CN[C@@H](C(=O)N[C@@H](C)C(=O)NCc3ccc(C(=N)N)cc3)C2)cc1.Cl.Cl. The lowest BCUT2D eigenvalue weighted by Gasteiger charge is -2.17. The fraction of sp³-hybridized carbons (Fsp3) is 0.348. The minimum Gasteiger partial charge on any atom is -0.384 e. The number of aryl methyl sites for hydroxylation is 1. The van der Waals surface area contributed by atoms with Crippen LogP contribution in [0.15, 0.2) is 48.5 Å². The van der Waals surface area contributed by atoms with Gasteiger partial charge < -0.3 is 21.7 Å². The molecule has 2 aromatic carbocycles. The predicted molar refractivity (Wildman–Crippen MR) is 132 cm³/mol. The monoisotopic (exact) mass is 479 g/mol. The van der Waals surface area contributed by atoms with Crippen LogP contribution in [0.5, 0.6) is 0 Å². The number of hydrogen-bond acceptors (Lipinski definition) is 4. The molecule has 9 heteroatoms. The summed E-state index contributed by atoms with van der Waals surface area (Å²) in [7, 11) is 0. The standard InChI is InChI=1S/C23H29N5O2.2ClH/c1-14-3-7-17(8-4-14)19-11-20(26-13-19)23(30)28-15(2)22(29)27-12-16-5-9-18(10-6-16)21(24)25;;/h3-10,15,19-20,26H,11-13H2,1-2H3,(H3,24,25)(H,27,29)(H,28,30);2*1H/t15-,19+,20+;;/m0../s1. The molecule has 1 fully saturated rings. The summed E-state index contributed by atoms with van der Waals surface area (Å²) in [4.78, 5) is 24.9. The first kappa shape index (κ1) is 27.4. The number of halogens is 2. The molecule has 0 aromatic heterocycles. The number of benzene rings is 2. The second-order valence-electron chi connectivity index (χ2n) is 7.86. The molecule has 7 nitrogen and oxygen atoms in total. The van der Waals surface area contributed by atoms with E-state index in [2.05, 4.69) is 47.1 Å². The number of amidine groups is 1. The summed E-state index contributed by atoms with van der Waals surface area (Å²) in [6, 6.07) is 14.6. The number of hydrogen-bond donors (Lipinski definition) is 5. The summed E-state index contributed by atoms with van der Waals surface area (Å²) >= 11 is 0. The van der Waals surface area contributed by atoms with Gasteiger partial charge in [-0.25, -0.2) is 0 Å². The molecule has 0 unspecified atom stereocenters. The maximum atomic E-state index is 12.6. The highest BCUT2D eigenvalue weighted by molar-refractivity contribution is 5.95. The molecule has 2 aromatic rings. The van der Waals surface area contributed by atoms with Crippen LogP contribution in [-0.4, -0.2) is 36.3 Å². The summed E-state index contributed by atoms with van der Waals surface area (Å²) < 4.78 is 0. The van der Waals surface area contributed by atoms with Crippen molar-refractivity contribution in [2.24, 2.45) is 5.73 Å². The molecule has 0 bridgehead atoms. The van der Waals surface area contributed by atoms with Gasteiger partial charge in [0.1, 0.15) is 11.9 Å². The Labute approximate surface area is 201 Å². The highest BCUT2D eigenvalue weighted by Gasteiger charge is 2.31. The fourth-order valence-electron chi connectivity index (χ4n) is 3.55. The van der Waals surface area contributed by atoms with Crippen molar-refractivity contribution in [2.75, 3.05) is 6.54 Å². The van der Waals surface area contributed by atoms with Crippen LogP contribution in [-0.2, 0) is 16.1 Å². The van der Waals surface area contributed by atoms with Crippen molar-refractivity contribution < 1.29 is 9.59 Å². The second-order valence-corrected chi connectivity index (χ2v) is 7.86. The number of amides is 2. The lowest BCUT2D eigenvalue weighted by atomic mass is 9.95. The van der Waals surface area contributed by atoms with Crippen LogP contribution in [0.1, 0.15) is 41.5 Å². The second kappa shape index (κ2) is 12.4. The van der Waals surface area contributed by atoms with Crippen LogP contribution in [0, 0.1) is 12.3 Å². The van der Waals surface area contributed by atoms with E-state index in [4.69, 9.17) is 11.1 Å². The van der Waals surface area contributed by atoms with E-state index in [-0.39, 0.29) is 48.5 Å². The molecule has 174 valence electrons. The van der Waals surface area contributed by atoms with E-state index in [1.165, 1.54) is 11.1 Å². The molecule has 0 aliphatic carbocycles. The lowest BCUT2D eigenvalue weighted by Crippen LogP contribution is -2.49. The molecule has 0 radical (unpaired) electrons. The zero-order valence-corrected chi connectivity index (χ0v) is 19.8. The zero-order chi connectivity index (χ0) is 21.7. The van der Waals surface area contributed by atoms with Crippen molar-refractivity contribution in [2.45, 2.75) is 44.8 Å². The van der Waals surface area contributed by atoms with Crippen molar-refractivity contribution in [1.29, 1.82) is 5.41 Å². The van der Waals surface area contributed by atoms with Gasteiger partial charge >= 0.3 is 0 Å². The van der Waals surface area contributed by atoms with E-state index in [0.717, 1.165) is 12.1 Å². The Morgan fingerprint density at radius 3 is 2.34 bits per heavy atom. The Kier molecular flexibility index (Phi) is 10.7. The smallest absolute Gasteiger partial charge is 0.242 e. The molecule has 0 spiro atoms. The number of rotatable bonds is 7. The fourth-order valence-corrected chi connectivity index (χ4v) is 3.55. The Bertz CT molecular complexity index is 919. The van der Waals surface area contributed by atoms with Crippen LogP contribution in [0.2, 0.25) is 0 Å². The Morgan fingerprint density at radius 1 is 1.12 bits per heavy atom. The van der Waals surface area contributed by atoms with Crippen molar-refractivity contribution in [1.82, 2.24) is 16.0 Å². The van der Waals surface area contributed by atoms with E-state index < -0.39 is 6.04 Å². The lowest BCUT2D eigenvalue weighted by molar-refractivity contribution is -0.129. The predicted octanol–water partition coefficient (Wildman–Crippen LogP) is 2.39. The largest absolute Gasteiger partial charge is 0.384 e. The number of carbonyl (C=O) groups excluding carboxylic acids is 2. The zero-order valence-electron chi connectivity index (χ0n) is 18.2. The molecule has 6 N–H and O–H groups in total. The molecule has 2 amide bonds. The van der Waals surface area contributed by atoms with E-state index in [1.54, 1.807) is 19.1 Å². The molecule has 32 heavy (non-hydrogen) atoms. The van der Waals surface area contributed by atoms with Crippen LogP contribution in [0.3, 0.4) is 0 Å². The van der Waals surface area contributed by atoms with Gasteiger partial charge in [-0.3, -0.25) is 15.0 Å². The molecular formula is C23H31Cl2N5O2. The van der Waals surface area contributed by atoms with Crippen molar-refractivity contribution >= 4 is 42.5 Å². The first-order valence-corrected chi connectivity index (χ1v) is 10.1. The Balaban J connectivity index is 0.00000256. The molecule has 1 aliphatic heterocycles. The minimum absolute atomic E-state index is 0. The summed E-state index contributed by atoms with van der Waals surface area (Å²) in [5.41, 5.74) is 9.41. The van der Waals surface area contributed by atoms with Gasteiger partial charge in [0.05, 0.1) is 6.04 Å². The highest BCUT2D eigenvalue weighted by atomic mass is 35.5. The first-order chi connectivity index (χ1) is 14.3. The van der Waals surface area contributed by atoms with Gasteiger partial charge in [0.25, 0.3) is 0 Å². The topological polar surface area (TPSA) is 120 Å². The maximum absolute atomic E-state index is 12.6. The average Bonchev–Trinajstić information content (AvgIpc) is 3.23.